The molecule has 1 unspecified atom stereocenters. The molecule has 27 heavy (non-hydrogen) atoms. The zero-order chi connectivity index (χ0) is 18.8. The lowest BCUT2D eigenvalue weighted by atomic mass is 9.94. The lowest BCUT2D eigenvalue weighted by Gasteiger charge is -2.15. The SMILES string of the molecule is CCCn1ccnc1-c1nc2c([nH]1)CC(c1cccc(OC)c1)CNC2=O. The third-order valence-electron chi connectivity index (χ3n) is 4.91. The molecule has 7 heteroatoms. The van der Waals surface area contributed by atoms with Crippen molar-refractivity contribution in [1.29, 1.82) is 0 Å². The van der Waals surface area contributed by atoms with Crippen molar-refractivity contribution in [3.63, 3.8) is 0 Å². The maximum Gasteiger partial charge on any atom is 0.271 e. The molecule has 7 nitrogen and oxygen atoms in total. The third kappa shape index (κ3) is 3.32. The normalized spacial score (nSPS) is 16.5. The number of methoxy groups -OCH3 is 1. The summed E-state index contributed by atoms with van der Waals surface area (Å²) in [5, 5.41) is 3.00. The van der Waals surface area contributed by atoms with Gasteiger partial charge in [0.2, 0.25) is 0 Å². The fourth-order valence-electron chi connectivity index (χ4n) is 3.55. The minimum Gasteiger partial charge on any atom is -0.497 e. The molecule has 3 aromatic rings. The molecule has 0 radical (unpaired) electrons. The number of carbonyl (C=O) groups is 1. The number of aromatic nitrogens is 4. The van der Waals surface area contributed by atoms with E-state index in [0.29, 0.717) is 24.5 Å². The van der Waals surface area contributed by atoms with Gasteiger partial charge in [-0.25, -0.2) is 9.97 Å². The topological polar surface area (TPSA) is 84.8 Å². The Morgan fingerprint density at radius 1 is 1.37 bits per heavy atom. The van der Waals surface area contributed by atoms with Crippen molar-refractivity contribution in [3.05, 3.63) is 53.6 Å². The predicted octanol–water partition coefficient (Wildman–Crippen LogP) is 2.76. The molecular weight excluding hydrogens is 342 g/mol. The molecule has 0 aliphatic carbocycles. The van der Waals surface area contributed by atoms with Crippen LogP contribution in [0.4, 0.5) is 0 Å². The van der Waals surface area contributed by atoms with Crippen molar-refractivity contribution in [3.8, 4) is 17.4 Å². The smallest absolute Gasteiger partial charge is 0.271 e. The van der Waals surface area contributed by atoms with Gasteiger partial charge in [0.05, 0.1) is 7.11 Å². The Kier molecular flexibility index (Phi) is 4.66. The van der Waals surface area contributed by atoms with E-state index < -0.39 is 0 Å². The minimum atomic E-state index is -0.147. The average Bonchev–Trinajstić information content (AvgIpc) is 3.28. The predicted molar refractivity (Wildman–Crippen MR) is 102 cm³/mol. The summed E-state index contributed by atoms with van der Waals surface area (Å²) < 4.78 is 7.39. The number of aryl methyl sites for hydroxylation is 1. The number of amides is 1. The number of H-pyrrole nitrogens is 1. The van der Waals surface area contributed by atoms with Crippen molar-refractivity contribution in [2.24, 2.45) is 0 Å². The Labute approximate surface area is 157 Å². The van der Waals surface area contributed by atoms with E-state index in [1.807, 2.05) is 24.4 Å². The summed E-state index contributed by atoms with van der Waals surface area (Å²) in [4.78, 5) is 24.9. The summed E-state index contributed by atoms with van der Waals surface area (Å²) in [7, 11) is 1.66. The monoisotopic (exact) mass is 365 g/mol. The molecule has 0 fully saturated rings. The van der Waals surface area contributed by atoms with Crippen LogP contribution in [0.3, 0.4) is 0 Å². The van der Waals surface area contributed by atoms with Gasteiger partial charge in [-0.2, -0.15) is 0 Å². The molecule has 0 spiro atoms. The van der Waals surface area contributed by atoms with E-state index in [1.54, 1.807) is 13.3 Å². The van der Waals surface area contributed by atoms with Crippen LogP contribution in [0.5, 0.6) is 5.75 Å². The van der Waals surface area contributed by atoms with Crippen LogP contribution in [0.1, 0.15) is 41.0 Å². The van der Waals surface area contributed by atoms with Crippen molar-refractivity contribution >= 4 is 5.91 Å². The fraction of sp³-hybridized carbons (Fsp3) is 0.350. The number of carbonyl (C=O) groups excluding carboxylic acids is 1. The Balaban J connectivity index is 1.68. The van der Waals surface area contributed by atoms with Gasteiger partial charge in [-0.3, -0.25) is 4.79 Å². The highest BCUT2D eigenvalue weighted by Gasteiger charge is 2.27. The van der Waals surface area contributed by atoms with Crippen LogP contribution < -0.4 is 10.1 Å². The quantitative estimate of drug-likeness (QED) is 0.728. The number of hydrogen-bond acceptors (Lipinski definition) is 4. The number of fused-ring (bicyclic) bond motifs is 1. The molecule has 1 aliphatic heterocycles. The summed E-state index contributed by atoms with van der Waals surface area (Å²) in [6, 6.07) is 7.98. The zero-order valence-electron chi connectivity index (χ0n) is 15.5. The Bertz CT molecular complexity index is 959. The lowest BCUT2D eigenvalue weighted by molar-refractivity contribution is 0.0950. The van der Waals surface area contributed by atoms with E-state index in [2.05, 4.69) is 37.8 Å². The third-order valence-corrected chi connectivity index (χ3v) is 4.91. The summed E-state index contributed by atoms with van der Waals surface area (Å²) in [6.45, 7) is 3.54. The number of nitrogens with zero attached hydrogens (tertiary/aromatic N) is 3. The van der Waals surface area contributed by atoms with Gasteiger partial charge in [-0.1, -0.05) is 19.1 Å². The van der Waals surface area contributed by atoms with Crippen LogP contribution in [-0.2, 0) is 13.0 Å². The van der Waals surface area contributed by atoms with Crippen LogP contribution in [0.25, 0.3) is 11.6 Å². The maximum absolute atomic E-state index is 12.6. The molecule has 0 saturated heterocycles. The van der Waals surface area contributed by atoms with Crippen LogP contribution in [0.15, 0.2) is 36.7 Å². The van der Waals surface area contributed by atoms with E-state index in [1.165, 1.54) is 0 Å². The minimum absolute atomic E-state index is 0.147. The molecule has 2 N–H and O–H groups in total. The highest BCUT2D eigenvalue weighted by atomic mass is 16.5. The summed E-state index contributed by atoms with van der Waals surface area (Å²) in [5.41, 5.74) is 2.44. The van der Waals surface area contributed by atoms with Crippen LogP contribution in [0, 0.1) is 0 Å². The molecule has 140 valence electrons. The average molecular weight is 365 g/mol. The number of rotatable bonds is 5. The maximum atomic E-state index is 12.6. The number of hydrogen-bond donors (Lipinski definition) is 2. The Morgan fingerprint density at radius 3 is 3.07 bits per heavy atom. The van der Waals surface area contributed by atoms with Gasteiger partial charge in [0.25, 0.3) is 5.91 Å². The second-order valence-corrected chi connectivity index (χ2v) is 6.74. The first kappa shape index (κ1) is 17.3. The number of ether oxygens (including phenoxy) is 1. The Hall–Kier alpha value is -3.09. The zero-order valence-corrected chi connectivity index (χ0v) is 15.5. The van der Waals surface area contributed by atoms with E-state index in [0.717, 1.165) is 35.8 Å². The largest absolute Gasteiger partial charge is 0.497 e. The van der Waals surface area contributed by atoms with Crippen molar-refractivity contribution in [2.75, 3.05) is 13.7 Å². The van der Waals surface area contributed by atoms with Crippen molar-refractivity contribution < 1.29 is 9.53 Å². The summed E-state index contributed by atoms with van der Waals surface area (Å²) in [6.07, 6.45) is 5.40. The second-order valence-electron chi connectivity index (χ2n) is 6.74. The molecule has 1 atom stereocenters. The molecule has 4 rings (SSSR count). The number of benzene rings is 1. The van der Waals surface area contributed by atoms with Gasteiger partial charge < -0.3 is 19.6 Å². The highest BCUT2D eigenvalue weighted by Crippen LogP contribution is 2.28. The van der Waals surface area contributed by atoms with Crippen LogP contribution in [0.2, 0.25) is 0 Å². The van der Waals surface area contributed by atoms with Gasteiger partial charge >= 0.3 is 0 Å². The van der Waals surface area contributed by atoms with E-state index in [9.17, 15) is 4.79 Å². The van der Waals surface area contributed by atoms with Gasteiger partial charge in [0.1, 0.15) is 11.4 Å². The lowest BCUT2D eigenvalue weighted by Crippen LogP contribution is -2.26. The fourth-order valence-corrected chi connectivity index (χ4v) is 3.55. The Morgan fingerprint density at radius 2 is 2.26 bits per heavy atom. The van der Waals surface area contributed by atoms with Gasteiger partial charge in [0.15, 0.2) is 11.6 Å². The van der Waals surface area contributed by atoms with Crippen LogP contribution in [-0.4, -0.2) is 39.1 Å². The second kappa shape index (κ2) is 7.26. The summed E-state index contributed by atoms with van der Waals surface area (Å²) >= 11 is 0. The first-order valence-corrected chi connectivity index (χ1v) is 9.22. The number of nitrogens with one attached hydrogen (secondary N) is 2. The molecule has 0 saturated carbocycles. The first-order chi connectivity index (χ1) is 13.2. The molecule has 1 aromatic carbocycles. The van der Waals surface area contributed by atoms with Gasteiger partial charge in [0, 0.05) is 37.1 Å². The molecule has 3 heterocycles. The van der Waals surface area contributed by atoms with Crippen LogP contribution >= 0.6 is 0 Å². The van der Waals surface area contributed by atoms with Crippen molar-refractivity contribution in [2.45, 2.75) is 32.2 Å². The van der Waals surface area contributed by atoms with Crippen molar-refractivity contribution in [1.82, 2.24) is 24.8 Å². The highest BCUT2D eigenvalue weighted by molar-refractivity contribution is 5.94. The molecule has 0 bridgehead atoms. The van der Waals surface area contributed by atoms with E-state index >= 15 is 0 Å². The van der Waals surface area contributed by atoms with E-state index in [-0.39, 0.29) is 11.8 Å². The molecule has 1 aliphatic rings. The van der Waals surface area contributed by atoms with Gasteiger partial charge in [-0.15, -0.1) is 0 Å². The van der Waals surface area contributed by atoms with Gasteiger partial charge in [-0.05, 0) is 30.5 Å². The summed E-state index contributed by atoms with van der Waals surface area (Å²) in [5.74, 6) is 2.21. The van der Waals surface area contributed by atoms with E-state index in [4.69, 9.17) is 4.74 Å². The number of aromatic amines is 1. The first-order valence-electron chi connectivity index (χ1n) is 9.22. The molecule has 2 aromatic heterocycles. The number of imidazole rings is 2. The molecule has 1 amide bonds. The molecular formula is C20H23N5O2. The standard InChI is InChI=1S/C20H23N5O2/c1-3-8-25-9-7-21-19(25)18-23-16-11-14(12-22-20(26)17(16)24-18)13-5-4-6-15(10-13)27-2/h4-7,9-10,14H,3,8,11-12H2,1-2H3,(H,22,26)(H,23,24).